The van der Waals surface area contributed by atoms with Crippen molar-refractivity contribution in [2.75, 3.05) is 6.54 Å². The number of alkyl halides is 3. The maximum atomic E-state index is 12.0. The van der Waals surface area contributed by atoms with Crippen molar-refractivity contribution in [3.8, 4) is 0 Å². The molecule has 0 bridgehead atoms. The Kier molecular flexibility index (Phi) is 11.5. The van der Waals surface area contributed by atoms with Crippen molar-refractivity contribution < 1.29 is 32.7 Å². The number of carboxylic acid groups (broad SMARTS) is 1. The molecule has 13 heteroatoms. The van der Waals surface area contributed by atoms with Gasteiger partial charge in [-0.15, -0.1) is 0 Å². The molecule has 0 unspecified atom stereocenters. The van der Waals surface area contributed by atoms with E-state index in [-0.39, 0.29) is 5.96 Å². The van der Waals surface area contributed by atoms with E-state index in [1.807, 2.05) is 30.3 Å². The maximum absolute atomic E-state index is 12.0. The highest BCUT2D eigenvalue weighted by molar-refractivity contribution is 5.89. The Morgan fingerprint density at radius 3 is 2.07 bits per heavy atom. The fourth-order valence-corrected chi connectivity index (χ4v) is 2.00. The van der Waals surface area contributed by atoms with Gasteiger partial charge in [0.1, 0.15) is 6.04 Å². The number of amides is 2. The fraction of sp³-hybridized carbons (Fsp3) is 0.412. The van der Waals surface area contributed by atoms with Crippen LogP contribution in [0.3, 0.4) is 0 Å². The molecule has 0 aliphatic rings. The third kappa shape index (κ3) is 12.2. The Morgan fingerprint density at radius 2 is 1.63 bits per heavy atom. The lowest BCUT2D eigenvalue weighted by molar-refractivity contribution is -0.192. The van der Waals surface area contributed by atoms with Crippen LogP contribution in [-0.4, -0.2) is 53.7 Å². The van der Waals surface area contributed by atoms with Crippen molar-refractivity contribution in [1.29, 1.82) is 0 Å². The van der Waals surface area contributed by atoms with Crippen LogP contribution < -0.4 is 28.3 Å². The Balaban J connectivity index is 0.00000103. The van der Waals surface area contributed by atoms with Crippen LogP contribution in [0.2, 0.25) is 0 Å². The lowest BCUT2D eigenvalue weighted by Gasteiger charge is -2.18. The van der Waals surface area contributed by atoms with Crippen molar-refractivity contribution in [2.45, 2.75) is 37.5 Å². The normalized spacial score (nSPS) is 12.5. The Hall–Kier alpha value is -3.35. The molecular formula is C17H25F3N6O4. The number of nitrogens with one attached hydrogen (secondary N) is 1. The first-order valence-electron chi connectivity index (χ1n) is 8.59. The number of guanidine groups is 1. The van der Waals surface area contributed by atoms with Gasteiger partial charge in [0.05, 0.1) is 6.04 Å². The minimum absolute atomic E-state index is 0.000300. The molecule has 10 N–H and O–H groups in total. The SMILES string of the molecule is NC(=O)[C@@H](Cc1ccccc1)NC(=O)[C@H](N)CCCN=C(N)N.O=C(O)C(F)(F)F. The zero-order chi connectivity index (χ0) is 23.3. The summed E-state index contributed by atoms with van der Waals surface area (Å²) in [4.78, 5) is 36.3. The van der Waals surface area contributed by atoms with E-state index in [9.17, 15) is 22.8 Å². The van der Waals surface area contributed by atoms with Gasteiger partial charge >= 0.3 is 12.1 Å². The standard InChI is InChI=1S/C15H24N6O2.C2HF3O2/c16-11(7-4-8-20-15(18)19)14(23)21-12(13(17)22)9-10-5-2-1-3-6-10;3-2(4,5)1(6)7/h1-3,5-6,11-12H,4,7-9,16H2,(H2,17,22)(H,21,23)(H4,18,19,20);(H,6,7)/t11-,12-;/m1./s1. The Morgan fingerprint density at radius 1 is 1.10 bits per heavy atom. The van der Waals surface area contributed by atoms with Gasteiger partial charge in [-0.25, -0.2) is 4.79 Å². The number of nitrogens with zero attached hydrogens (tertiary/aromatic N) is 1. The van der Waals surface area contributed by atoms with E-state index in [2.05, 4.69) is 10.3 Å². The first-order valence-corrected chi connectivity index (χ1v) is 8.59. The number of primary amides is 1. The predicted octanol–water partition coefficient (Wildman–Crippen LogP) is -0.787. The van der Waals surface area contributed by atoms with Crippen molar-refractivity contribution in [2.24, 2.45) is 27.9 Å². The van der Waals surface area contributed by atoms with E-state index in [4.69, 9.17) is 32.8 Å². The summed E-state index contributed by atoms with van der Waals surface area (Å²) in [6.07, 6.45) is -3.80. The number of carbonyl (C=O) groups is 3. The maximum Gasteiger partial charge on any atom is 0.490 e. The average molecular weight is 434 g/mol. The van der Waals surface area contributed by atoms with Gasteiger partial charge in [-0.2, -0.15) is 13.2 Å². The number of rotatable bonds is 9. The van der Waals surface area contributed by atoms with Crippen LogP contribution in [0.5, 0.6) is 0 Å². The van der Waals surface area contributed by atoms with Gasteiger partial charge in [-0.3, -0.25) is 14.6 Å². The predicted molar refractivity (Wildman–Crippen MR) is 103 cm³/mol. The van der Waals surface area contributed by atoms with Crippen LogP contribution in [0.25, 0.3) is 0 Å². The smallest absolute Gasteiger partial charge is 0.475 e. The van der Waals surface area contributed by atoms with Crippen LogP contribution in [-0.2, 0) is 20.8 Å². The van der Waals surface area contributed by atoms with Crippen LogP contribution in [0.1, 0.15) is 18.4 Å². The average Bonchev–Trinajstić information content (AvgIpc) is 2.64. The molecule has 0 aliphatic heterocycles. The van der Waals surface area contributed by atoms with Crippen molar-refractivity contribution in [3.05, 3.63) is 35.9 Å². The first-order chi connectivity index (χ1) is 13.8. The molecule has 30 heavy (non-hydrogen) atoms. The molecule has 2 amide bonds. The van der Waals surface area contributed by atoms with Gasteiger partial charge in [-0.1, -0.05) is 30.3 Å². The first kappa shape index (κ1) is 26.6. The van der Waals surface area contributed by atoms with Gasteiger partial charge < -0.3 is 33.4 Å². The monoisotopic (exact) mass is 434 g/mol. The van der Waals surface area contributed by atoms with Gasteiger partial charge in [0.25, 0.3) is 0 Å². The number of aliphatic imine (C=N–C) groups is 1. The highest BCUT2D eigenvalue weighted by atomic mass is 19.4. The van der Waals surface area contributed by atoms with E-state index in [1.165, 1.54) is 0 Å². The summed E-state index contributed by atoms with van der Waals surface area (Å²) in [5, 5.41) is 9.72. The van der Waals surface area contributed by atoms with E-state index in [1.54, 1.807) is 0 Å². The van der Waals surface area contributed by atoms with Gasteiger partial charge in [0, 0.05) is 13.0 Å². The molecule has 0 spiro atoms. The lowest BCUT2D eigenvalue weighted by atomic mass is 10.0. The second kappa shape index (κ2) is 13.0. The molecule has 1 rings (SSSR count). The molecule has 0 saturated carbocycles. The molecule has 168 valence electrons. The summed E-state index contributed by atoms with van der Waals surface area (Å²) in [5.74, 6) is -3.78. The highest BCUT2D eigenvalue weighted by Crippen LogP contribution is 2.13. The van der Waals surface area contributed by atoms with Crippen LogP contribution in [0.15, 0.2) is 35.3 Å². The van der Waals surface area contributed by atoms with Gasteiger partial charge in [0.2, 0.25) is 11.8 Å². The molecule has 1 aromatic rings. The minimum atomic E-state index is -5.08. The molecular weight excluding hydrogens is 409 g/mol. The van der Waals surface area contributed by atoms with E-state index < -0.39 is 36.0 Å². The summed E-state index contributed by atoms with van der Waals surface area (Å²) in [7, 11) is 0. The molecule has 10 nitrogen and oxygen atoms in total. The van der Waals surface area contributed by atoms with Gasteiger partial charge in [0.15, 0.2) is 5.96 Å². The number of carboxylic acids is 1. The second-order valence-electron chi connectivity index (χ2n) is 6.01. The summed E-state index contributed by atoms with van der Waals surface area (Å²) >= 11 is 0. The third-order valence-electron chi connectivity index (χ3n) is 3.49. The molecule has 0 radical (unpaired) electrons. The molecule has 0 aromatic heterocycles. The number of carbonyl (C=O) groups excluding carboxylic acids is 2. The number of hydrogen-bond acceptors (Lipinski definition) is 5. The topological polar surface area (TPSA) is 200 Å². The van der Waals surface area contributed by atoms with E-state index in [0.29, 0.717) is 25.8 Å². The number of hydrogen-bond donors (Lipinski definition) is 6. The summed E-state index contributed by atoms with van der Waals surface area (Å²) in [5.41, 5.74) is 22.5. The third-order valence-corrected chi connectivity index (χ3v) is 3.49. The van der Waals surface area contributed by atoms with Crippen molar-refractivity contribution >= 4 is 23.7 Å². The molecule has 0 saturated heterocycles. The quantitative estimate of drug-likeness (QED) is 0.166. The van der Waals surface area contributed by atoms with Gasteiger partial charge in [-0.05, 0) is 18.4 Å². The van der Waals surface area contributed by atoms with Crippen LogP contribution in [0, 0.1) is 0 Å². The molecule has 1 aromatic carbocycles. The van der Waals surface area contributed by atoms with Crippen LogP contribution in [0.4, 0.5) is 13.2 Å². The molecule has 0 aliphatic carbocycles. The highest BCUT2D eigenvalue weighted by Gasteiger charge is 2.38. The minimum Gasteiger partial charge on any atom is -0.475 e. The fourth-order valence-electron chi connectivity index (χ4n) is 2.00. The summed E-state index contributed by atoms with van der Waals surface area (Å²) in [6, 6.07) is 7.74. The van der Waals surface area contributed by atoms with E-state index in [0.717, 1.165) is 5.56 Å². The van der Waals surface area contributed by atoms with E-state index >= 15 is 0 Å². The Bertz CT molecular complexity index is 724. The molecule has 0 heterocycles. The molecule has 0 fully saturated rings. The van der Waals surface area contributed by atoms with Crippen molar-refractivity contribution in [1.82, 2.24) is 5.32 Å². The zero-order valence-electron chi connectivity index (χ0n) is 15.9. The summed E-state index contributed by atoms with van der Waals surface area (Å²) < 4.78 is 31.7. The summed E-state index contributed by atoms with van der Waals surface area (Å²) in [6.45, 7) is 0.395. The zero-order valence-corrected chi connectivity index (χ0v) is 15.9. The number of aliphatic carboxylic acids is 1. The lowest BCUT2D eigenvalue weighted by Crippen LogP contribution is -2.51. The van der Waals surface area contributed by atoms with Crippen molar-refractivity contribution in [3.63, 3.8) is 0 Å². The van der Waals surface area contributed by atoms with Crippen LogP contribution >= 0.6 is 0 Å². The second-order valence-corrected chi connectivity index (χ2v) is 6.01. The number of benzene rings is 1. The number of halogens is 3. The largest absolute Gasteiger partial charge is 0.490 e. The molecule has 2 atom stereocenters. The Labute approximate surface area is 170 Å². The number of nitrogens with two attached hydrogens (primary N) is 4.